The Morgan fingerprint density at radius 2 is 1.70 bits per heavy atom. The molecular formula is C29H34ClN5O2. The number of aromatic nitrogens is 2. The number of nitrogens with zero attached hydrogens (tertiary/aromatic N) is 5. The molecule has 8 heteroatoms. The first-order valence-corrected chi connectivity index (χ1v) is 13.2. The van der Waals surface area contributed by atoms with Crippen molar-refractivity contribution in [3.8, 4) is 11.3 Å². The molecule has 7 nitrogen and oxygen atoms in total. The second kappa shape index (κ2) is 12.2. The van der Waals surface area contributed by atoms with Gasteiger partial charge in [-0.05, 0) is 49.6 Å². The van der Waals surface area contributed by atoms with Gasteiger partial charge >= 0.3 is 0 Å². The van der Waals surface area contributed by atoms with E-state index >= 15 is 0 Å². The number of anilines is 1. The third-order valence-corrected chi connectivity index (χ3v) is 6.80. The number of amides is 2. The summed E-state index contributed by atoms with van der Waals surface area (Å²) in [6.07, 6.45) is 0.815. The molecule has 1 aliphatic heterocycles. The summed E-state index contributed by atoms with van der Waals surface area (Å²) in [7, 11) is 0. The molecule has 0 saturated carbocycles. The highest BCUT2D eigenvalue weighted by Crippen LogP contribution is 2.26. The van der Waals surface area contributed by atoms with Gasteiger partial charge in [-0.15, -0.1) is 10.2 Å². The molecule has 1 aliphatic rings. The number of hydrogen-bond donors (Lipinski definition) is 0. The van der Waals surface area contributed by atoms with Crippen molar-refractivity contribution in [2.45, 2.75) is 27.2 Å². The number of benzene rings is 2. The molecule has 0 bridgehead atoms. The van der Waals surface area contributed by atoms with Crippen molar-refractivity contribution in [3.63, 3.8) is 0 Å². The topological polar surface area (TPSA) is 69.6 Å². The molecule has 2 aromatic carbocycles. The molecular weight excluding hydrogens is 486 g/mol. The Kier molecular flexibility index (Phi) is 8.77. The molecule has 2 amide bonds. The third-order valence-electron chi connectivity index (χ3n) is 6.47. The maximum absolute atomic E-state index is 13.3. The highest BCUT2D eigenvalue weighted by atomic mass is 35.5. The molecule has 3 aromatic rings. The third kappa shape index (κ3) is 6.86. The minimum atomic E-state index is -0.104. The lowest BCUT2D eigenvalue weighted by molar-refractivity contribution is -0.131. The lowest BCUT2D eigenvalue weighted by Crippen LogP contribution is -2.45. The van der Waals surface area contributed by atoms with Gasteiger partial charge < -0.3 is 14.7 Å². The Balaban J connectivity index is 1.39. The second-order valence-corrected chi connectivity index (χ2v) is 10.3. The van der Waals surface area contributed by atoms with Crippen LogP contribution in [0.1, 0.15) is 36.2 Å². The second-order valence-electron chi connectivity index (χ2n) is 9.92. The van der Waals surface area contributed by atoms with Gasteiger partial charge in [0.15, 0.2) is 5.82 Å². The van der Waals surface area contributed by atoms with Gasteiger partial charge in [0.2, 0.25) is 5.91 Å². The normalized spacial score (nSPS) is 14.0. The Labute approximate surface area is 224 Å². The molecule has 0 radical (unpaired) electrons. The summed E-state index contributed by atoms with van der Waals surface area (Å²) in [6, 6.07) is 19.0. The standard InChI is InChI=1S/C29H34ClN5O2/c1-21(2)19-35(29(37)23-11-9-22(3)10-12-23)20-28(36)34-16-6-15-33(17-18-34)27-14-13-26(31-32-27)24-7-4-5-8-25(24)30/h4-5,7-14,21H,6,15-20H2,1-3H3. The molecule has 1 aromatic heterocycles. The number of aryl methyl sites for hydroxylation is 1. The van der Waals surface area contributed by atoms with Gasteiger partial charge in [-0.3, -0.25) is 9.59 Å². The van der Waals surface area contributed by atoms with E-state index in [9.17, 15) is 9.59 Å². The summed E-state index contributed by atoms with van der Waals surface area (Å²) in [4.78, 5) is 32.2. The average molecular weight is 520 g/mol. The zero-order valence-corrected chi connectivity index (χ0v) is 22.5. The molecule has 1 fully saturated rings. The predicted molar refractivity (Wildman–Crippen MR) is 148 cm³/mol. The summed E-state index contributed by atoms with van der Waals surface area (Å²) in [6.45, 7) is 9.37. The van der Waals surface area contributed by atoms with Crippen LogP contribution in [0.3, 0.4) is 0 Å². The van der Waals surface area contributed by atoms with E-state index in [0.29, 0.717) is 36.8 Å². The fraction of sp³-hybridized carbons (Fsp3) is 0.379. The van der Waals surface area contributed by atoms with E-state index in [1.54, 1.807) is 4.90 Å². The highest BCUT2D eigenvalue weighted by Gasteiger charge is 2.25. The lowest BCUT2D eigenvalue weighted by Gasteiger charge is -2.28. The number of hydrogen-bond acceptors (Lipinski definition) is 5. The molecule has 4 rings (SSSR count). The van der Waals surface area contributed by atoms with Crippen molar-refractivity contribution >= 4 is 29.2 Å². The molecule has 0 spiro atoms. The van der Waals surface area contributed by atoms with E-state index in [4.69, 9.17) is 11.6 Å². The summed E-state index contributed by atoms with van der Waals surface area (Å²) in [5.41, 5.74) is 3.28. The zero-order chi connectivity index (χ0) is 26.4. The highest BCUT2D eigenvalue weighted by molar-refractivity contribution is 6.33. The van der Waals surface area contributed by atoms with E-state index < -0.39 is 0 Å². The predicted octanol–water partition coefficient (Wildman–Crippen LogP) is 4.94. The monoisotopic (exact) mass is 519 g/mol. The van der Waals surface area contributed by atoms with Gasteiger partial charge in [-0.1, -0.05) is 61.3 Å². The Morgan fingerprint density at radius 3 is 2.38 bits per heavy atom. The lowest BCUT2D eigenvalue weighted by atomic mass is 10.1. The summed E-state index contributed by atoms with van der Waals surface area (Å²) >= 11 is 6.30. The van der Waals surface area contributed by atoms with Crippen LogP contribution in [0.2, 0.25) is 5.02 Å². The summed E-state index contributed by atoms with van der Waals surface area (Å²) in [5.74, 6) is 0.908. The van der Waals surface area contributed by atoms with Crippen molar-refractivity contribution in [2.75, 3.05) is 44.2 Å². The van der Waals surface area contributed by atoms with Crippen LogP contribution in [0.5, 0.6) is 0 Å². The molecule has 0 atom stereocenters. The van der Waals surface area contributed by atoms with Crippen LogP contribution in [-0.4, -0.2) is 71.1 Å². The fourth-order valence-corrected chi connectivity index (χ4v) is 4.74. The minimum absolute atomic E-state index is 0.0249. The minimum Gasteiger partial charge on any atom is -0.353 e. The van der Waals surface area contributed by atoms with Crippen LogP contribution in [0.15, 0.2) is 60.7 Å². The maximum atomic E-state index is 13.3. The molecule has 1 saturated heterocycles. The molecule has 194 valence electrons. The maximum Gasteiger partial charge on any atom is 0.254 e. The summed E-state index contributed by atoms with van der Waals surface area (Å²) in [5, 5.41) is 9.47. The number of carbonyl (C=O) groups excluding carboxylic acids is 2. The first-order valence-electron chi connectivity index (χ1n) is 12.8. The zero-order valence-electron chi connectivity index (χ0n) is 21.7. The van der Waals surface area contributed by atoms with E-state index in [1.165, 1.54) is 0 Å². The van der Waals surface area contributed by atoms with Crippen LogP contribution >= 0.6 is 11.6 Å². The molecule has 0 N–H and O–H groups in total. The van der Waals surface area contributed by atoms with E-state index in [0.717, 1.165) is 35.6 Å². The largest absolute Gasteiger partial charge is 0.353 e. The van der Waals surface area contributed by atoms with Crippen molar-refractivity contribution in [2.24, 2.45) is 5.92 Å². The fourth-order valence-electron chi connectivity index (χ4n) is 4.50. The number of rotatable bonds is 7. The van der Waals surface area contributed by atoms with Crippen LogP contribution < -0.4 is 4.90 Å². The number of halogens is 1. The van der Waals surface area contributed by atoms with Crippen molar-refractivity contribution < 1.29 is 9.59 Å². The Morgan fingerprint density at radius 1 is 0.946 bits per heavy atom. The summed E-state index contributed by atoms with van der Waals surface area (Å²) < 4.78 is 0. The smallest absolute Gasteiger partial charge is 0.254 e. The first-order chi connectivity index (χ1) is 17.8. The SMILES string of the molecule is Cc1ccc(C(=O)N(CC(=O)N2CCCN(c3ccc(-c4ccccc4Cl)nn3)CC2)CC(C)C)cc1. The van der Waals surface area contributed by atoms with Gasteiger partial charge in [0.1, 0.15) is 6.54 Å². The van der Waals surface area contributed by atoms with E-state index in [-0.39, 0.29) is 24.3 Å². The van der Waals surface area contributed by atoms with Gasteiger partial charge in [-0.25, -0.2) is 0 Å². The van der Waals surface area contributed by atoms with Gasteiger partial charge in [0.05, 0.1) is 10.7 Å². The van der Waals surface area contributed by atoms with Crippen LogP contribution in [-0.2, 0) is 4.79 Å². The molecule has 0 aliphatic carbocycles. The van der Waals surface area contributed by atoms with Crippen LogP contribution in [0, 0.1) is 12.8 Å². The first kappa shape index (κ1) is 26.6. The van der Waals surface area contributed by atoms with Crippen LogP contribution in [0.4, 0.5) is 5.82 Å². The van der Waals surface area contributed by atoms with E-state index in [1.807, 2.05) is 72.5 Å². The van der Waals surface area contributed by atoms with Gasteiger partial charge in [0.25, 0.3) is 5.91 Å². The molecule has 2 heterocycles. The number of carbonyl (C=O) groups is 2. The molecule has 37 heavy (non-hydrogen) atoms. The average Bonchev–Trinajstić information content (AvgIpc) is 3.15. The van der Waals surface area contributed by atoms with Crippen LogP contribution in [0.25, 0.3) is 11.3 Å². The molecule has 0 unspecified atom stereocenters. The van der Waals surface area contributed by atoms with Crippen molar-refractivity contribution in [3.05, 3.63) is 76.8 Å². The van der Waals surface area contributed by atoms with Crippen molar-refractivity contribution in [1.29, 1.82) is 0 Å². The van der Waals surface area contributed by atoms with Gasteiger partial charge in [-0.2, -0.15) is 0 Å². The van der Waals surface area contributed by atoms with Crippen molar-refractivity contribution in [1.82, 2.24) is 20.0 Å². The van der Waals surface area contributed by atoms with Gasteiger partial charge in [0, 0.05) is 43.9 Å². The Bertz CT molecular complexity index is 1210. The Hall–Kier alpha value is -3.45. The van der Waals surface area contributed by atoms with E-state index in [2.05, 4.69) is 28.9 Å². The quantitative estimate of drug-likeness (QED) is 0.442.